The van der Waals surface area contributed by atoms with Crippen LogP contribution in [0.3, 0.4) is 0 Å². The van der Waals surface area contributed by atoms with E-state index in [9.17, 15) is 8.42 Å². The molecule has 0 bridgehead atoms. The number of thiophene rings is 1. The van der Waals surface area contributed by atoms with Gasteiger partial charge in [-0.25, -0.2) is 0 Å². The fraction of sp³-hybridized carbons (Fsp3) is 0.722. The van der Waals surface area contributed by atoms with Gasteiger partial charge in [0.2, 0.25) is 5.90 Å². The second-order valence-electron chi connectivity index (χ2n) is 7.79. The van der Waals surface area contributed by atoms with Crippen molar-refractivity contribution in [1.82, 2.24) is 13.9 Å². The number of nitrogens with one attached hydrogen (secondary N) is 2. The van der Waals surface area contributed by atoms with Crippen LogP contribution in [0.15, 0.2) is 0 Å². The highest BCUT2D eigenvalue weighted by atomic mass is 32.2. The van der Waals surface area contributed by atoms with Crippen LogP contribution in [0, 0.1) is 5.41 Å². The molecule has 1 aromatic heterocycles. The van der Waals surface area contributed by atoms with Crippen LogP contribution in [0.1, 0.15) is 41.7 Å². The second-order valence-corrected chi connectivity index (χ2v) is 10.7. The first kappa shape index (κ1) is 22.4. The molecule has 1 saturated carbocycles. The summed E-state index contributed by atoms with van der Waals surface area (Å²) in [4.78, 5) is 3.24. The van der Waals surface area contributed by atoms with Gasteiger partial charge in [0, 0.05) is 30.6 Å². The molecular formula is C18H31N5O4S2. The van der Waals surface area contributed by atoms with Crippen LogP contribution in [0.4, 0.5) is 5.00 Å². The Morgan fingerprint density at radius 1 is 1.38 bits per heavy atom. The molecule has 1 aliphatic heterocycles. The van der Waals surface area contributed by atoms with Gasteiger partial charge in [-0.15, -0.1) is 11.3 Å². The van der Waals surface area contributed by atoms with Gasteiger partial charge in [-0.3, -0.25) is 5.41 Å². The van der Waals surface area contributed by atoms with E-state index >= 15 is 0 Å². The zero-order chi connectivity index (χ0) is 21.2. The molecule has 0 unspecified atom stereocenters. The third-order valence-corrected chi connectivity index (χ3v) is 8.34. The number of nitrogens with two attached hydrogens (primary N) is 1. The standard InChI is InChI=1S/C18H31N5O4S2/c1-22(2)12-3-5-13(6-4-12)27-17(19)16-14-11-23(29(25,26)21-8-10-24)9-7-15(14)28-18(16)20/h12-13,19,21,24H,3-11,20H2,1-2H3. The monoisotopic (exact) mass is 445 g/mol. The zero-order valence-electron chi connectivity index (χ0n) is 17.0. The van der Waals surface area contributed by atoms with Crippen molar-refractivity contribution in [2.75, 3.05) is 39.5 Å². The first-order chi connectivity index (χ1) is 13.7. The minimum absolute atomic E-state index is 0.0108. The minimum atomic E-state index is -3.69. The van der Waals surface area contributed by atoms with E-state index in [4.69, 9.17) is 21.0 Å². The second kappa shape index (κ2) is 9.27. The molecule has 0 atom stereocenters. The predicted octanol–water partition coefficient (Wildman–Crippen LogP) is 0.730. The lowest BCUT2D eigenvalue weighted by Crippen LogP contribution is -2.44. The van der Waals surface area contributed by atoms with E-state index in [-0.39, 0.29) is 31.7 Å². The molecule has 1 aliphatic carbocycles. The Morgan fingerprint density at radius 3 is 2.69 bits per heavy atom. The largest absolute Gasteiger partial charge is 0.474 e. The van der Waals surface area contributed by atoms with Crippen LogP contribution in [0.25, 0.3) is 0 Å². The number of rotatable bonds is 7. The third kappa shape index (κ3) is 5.09. The Bertz CT molecular complexity index is 832. The summed E-state index contributed by atoms with van der Waals surface area (Å²) < 4.78 is 34.5. The van der Waals surface area contributed by atoms with Gasteiger partial charge in [0.25, 0.3) is 10.2 Å². The van der Waals surface area contributed by atoms with Crippen molar-refractivity contribution in [1.29, 1.82) is 5.41 Å². The number of fused-ring (bicyclic) bond motifs is 1. The molecule has 0 amide bonds. The summed E-state index contributed by atoms with van der Waals surface area (Å²) in [5.41, 5.74) is 7.49. The van der Waals surface area contributed by atoms with Gasteiger partial charge in [-0.1, -0.05) is 0 Å². The summed E-state index contributed by atoms with van der Waals surface area (Å²) in [6, 6.07) is 0.549. The maximum Gasteiger partial charge on any atom is 0.279 e. The maximum absolute atomic E-state index is 12.4. The maximum atomic E-state index is 12.4. The van der Waals surface area contributed by atoms with Crippen molar-refractivity contribution < 1.29 is 18.3 Å². The lowest BCUT2D eigenvalue weighted by molar-refractivity contribution is 0.102. The average Bonchev–Trinajstić information content (AvgIpc) is 3.01. The van der Waals surface area contributed by atoms with E-state index in [2.05, 4.69) is 23.7 Å². The number of hydrogen-bond donors (Lipinski definition) is 4. The Hall–Kier alpha value is -1.24. The van der Waals surface area contributed by atoms with Crippen molar-refractivity contribution in [3.05, 3.63) is 16.0 Å². The molecule has 11 heteroatoms. The van der Waals surface area contributed by atoms with Crippen molar-refractivity contribution in [2.45, 2.75) is 50.8 Å². The topological polar surface area (TPSA) is 132 Å². The minimum Gasteiger partial charge on any atom is -0.474 e. The number of hydrogen-bond acceptors (Lipinski definition) is 8. The van der Waals surface area contributed by atoms with Gasteiger partial charge in [-0.05, 0) is 51.8 Å². The number of aliphatic hydroxyl groups excluding tert-OH is 1. The van der Waals surface area contributed by atoms with E-state index in [1.54, 1.807) is 0 Å². The van der Waals surface area contributed by atoms with Crippen molar-refractivity contribution >= 4 is 32.4 Å². The van der Waals surface area contributed by atoms with Gasteiger partial charge < -0.3 is 20.5 Å². The molecule has 5 N–H and O–H groups in total. The van der Waals surface area contributed by atoms with Gasteiger partial charge in [0.05, 0.1) is 17.2 Å². The number of aliphatic hydroxyl groups is 1. The van der Waals surface area contributed by atoms with Crippen LogP contribution < -0.4 is 10.5 Å². The molecule has 0 radical (unpaired) electrons. The summed E-state index contributed by atoms with van der Waals surface area (Å²) in [5.74, 6) is 0.0378. The van der Waals surface area contributed by atoms with Crippen LogP contribution in [0.2, 0.25) is 0 Å². The fourth-order valence-electron chi connectivity index (χ4n) is 4.01. The Labute approximate surface area is 176 Å². The van der Waals surface area contributed by atoms with Gasteiger partial charge >= 0.3 is 0 Å². The molecule has 3 rings (SSSR count). The van der Waals surface area contributed by atoms with Gasteiger partial charge in [0.15, 0.2) is 0 Å². The number of anilines is 1. The lowest BCUT2D eigenvalue weighted by Gasteiger charge is -2.33. The third-order valence-electron chi connectivity index (χ3n) is 5.66. The van der Waals surface area contributed by atoms with Crippen molar-refractivity contribution in [3.63, 3.8) is 0 Å². The molecule has 2 aliphatic rings. The molecule has 1 fully saturated rings. The normalized spacial score (nSPS) is 23.2. The summed E-state index contributed by atoms with van der Waals surface area (Å²) in [6.07, 6.45) is 4.38. The molecule has 0 aromatic carbocycles. The van der Waals surface area contributed by atoms with Gasteiger partial charge in [0.1, 0.15) is 6.10 Å². The van der Waals surface area contributed by atoms with Crippen LogP contribution in [-0.2, 0) is 27.9 Å². The Kier molecular flexibility index (Phi) is 7.18. The Morgan fingerprint density at radius 2 is 2.07 bits per heavy atom. The highest BCUT2D eigenvalue weighted by Crippen LogP contribution is 2.37. The van der Waals surface area contributed by atoms with Gasteiger partial charge in [-0.2, -0.15) is 17.4 Å². The van der Waals surface area contributed by atoms with Crippen molar-refractivity contribution in [3.8, 4) is 0 Å². The highest BCUT2D eigenvalue weighted by molar-refractivity contribution is 7.87. The van der Waals surface area contributed by atoms with E-state index in [0.717, 1.165) is 36.1 Å². The molecule has 1 aromatic rings. The lowest BCUT2D eigenvalue weighted by atomic mass is 9.92. The highest BCUT2D eigenvalue weighted by Gasteiger charge is 2.33. The smallest absolute Gasteiger partial charge is 0.279 e. The fourth-order valence-corrected chi connectivity index (χ4v) is 6.24. The molecular weight excluding hydrogens is 414 g/mol. The molecule has 0 spiro atoms. The quantitative estimate of drug-likeness (QED) is 0.361. The van der Waals surface area contributed by atoms with Crippen molar-refractivity contribution in [2.24, 2.45) is 0 Å². The predicted molar refractivity (Wildman–Crippen MR) is 114 cm³/mol. The number of nitrogen functional groups attached to an aromatic ring is 1. The average molecular weight is 446 g/mol. The van der Waals surface area contributed by atoms with Crippen LogP contribution >= 0.6 is 11.3 Å². The first-order valence-corrected chi connectivity index (χ1v) is 12.2. The number of ether oxygens (including phenoxy) is 1. The molecule has 29 heavy (non-hydrogen) atoms. The zero-order valence-corrected chi connectivity index (χ0v) is 18.6. The molecule has 9 nitrogen and oxygen atoms in total. The van der Waals surface area contributed by atoms with Crippen LogP contribution in [-0.4, -0.2) is 74.6 Å². The molecule has 2 heterocycles. The number of nitrogens with zero attached hydrogens (tertiary/aromatic N) is 2. The van der Waals surface area contributed by atoms with E-state index < -0.39 is 10.2 Å². The first-order valence-electron chi connectivity index (χ1n) is 9.90. The Balaban J connectivity index is 1.70. The van der Waals surface area contributed by atoms with Crippen LogP contribution in [0.5, 0.6) is 0 Å². The summed E-state index contributed by atoms with van der Waals surface area (Å²) >= 11 is 1.41. The molecule has 164 valence electrons. The SMILES string of the molecule is CN(C)C1CCC(OC(=N)c2c(N)sc3c2CN(S(=O)(=O)NCCO)CC3)CC1. The van der Waals surface area contributed by atoms with E-state index in [0.29, 0.717) is 29.6 Å². The van der Waals surface area contributed by atoms with E-state index in [1.165, 1.54) is 15.6 Å². The summed E-state index contributed by atoms with van der Waals surface area (Å²) in [7, 11) is 0.478. The summed E-state index contributed by atoms with van der Waals surface area (Å²) in [6.45, 7) is 0.205. The van der Waals surface area contributed by atoms with E-state index in [1.807, 2.05) is 0 Å². The molecule has 0 saturated heterocycles. The summed E-state index contributed by atoms with van der Waals surface area (Å²) in [5, 5.41) is 17.9.